The number of fused-ring (bicyclic) bond motifs is 5. The third-order valence-corrected chi connectivity index (χ3v) is 11.0. The van der Waals surface area contributed by atoms with Gasteiger partial charge in [-0.15, -0.1) is 0 Å². The summed E-state index contributed by atoms with van der Waals surface area (Å²) in [5.74, 6) is -2.48. The minimum absolute atomic E-state index is 0.00577. The van der Waals surface area contributed by atoms with Crippen LogP contribution in [0, 0.1) is 18.3 Å². The highest BCUT2D eigenvalue weighted by atomic mass is 16.5. The second-order valence-electron chi connectivity index (χ2n) is 16.9. The van der Waals surface area contributed by atoms with Crippen molar-refractivity contribution in [1.29, 1.82) is 5.26 Å². The Morgan fingerprint density at radius 2 is 1.55 bits per heavy atom. The van der Waals surface area contributed by atoms with Gasteiger partial charge in [0.15, 0.2) is 0 Å². The highest BCUT2D eigenvalue weighted by Crippen LogP contribution is 2.40. The molecule has 10 N–H and O–H groups in total. The molecule has 0 saturated carbocycles. The molecule has 344 valence electrons. The monoisotopic (exact) mass is 888 g/mol. The summed E-state index contributed by atoms with van der Waals surface area (Å²) in [5.41, 5.74) is 23.2. The summed E-state index contributed by atoms with van der Waals surface area (Å²) in [6.07, 6.45) is 1.50. The van der Waals surface area contributed by atoms with Crippen LogP contribution in [0.3, 0.4) is 0 Å². The normalized spacial score (nSPS) is 16.7. The summed E-state index contributed by atoms with van der Waals surface area (Å²) in [4.78, 5) is 76.0. The van der Waals surface area contributed by atoms with E-state index >= 15 is 0 Å². The molecule has 0 saturated heterocycles. The van der Waals surface area contributed by atoms with E-state index in [1.165, 1.54) is 30.6 Å². The molecular formula is C48H60N10O7. The first-order valence-electron chi connectivity index (χ1n) is 21.5. The van der Waals surface area contributed by atoms with Gasteiger partial charge in [0.05, 0.1) is 17.3 Å². The van der Waals surface area contributed by atoms with E-state index in [4.69, 9.17) is 31.9 Å². The number of hydrogen-bond acceptors (Lipinski definition) is 12. The zero-order valence-corrected chi connectivity index (χ0v) is 37.8. The molecule has 5 amide bonds. The molecule has 0 spiro atoms. The Labute approximate surface area is 379 Å². The zero-order chi connectivity index (χ0) is 47.4. The largest absolute Gasteiger partial charge is 0.492 e. The average Bonchev–Trinajstić information content (AvgIpc) is 3.28. The van der Waals surface area contributed by atoms with Crippen LogP contribution in [0.25, 0.3) is 22.4 Å². The van der Waals surface area contributed by atoms with Crippen LogP contribution in [0.2, 0.25) is 0 Å². The van der Waals surface area contributed by atoms with Crippen LogP contribution >= 0.6 is 0 Å². The summed E-state index contributed by atoms with van der Waals surface area (Å²) >= 11 is 0. The molecule has 65 heavy (non-hydrogen) atoms. The van der Waals surface area contributed by atoms with Crippen molar-refractivity contribution in [1.82, 2.24) is 31.2 Å². The third-order valence-electron chi connectivity index (χ3n) is 11.0. The quantitative estimate of drug-likeness (QED) is 0.0850. The first kappa shape index (κ1) is 49.2. The summed E-state index contributed by atoms with van der Waals surface area (Å²) in [6, 6.07) is 17.0. The van der Waals surface area contributed by atoms with Gasteiger partial charge in [-0.1, -0.05) is 57.2 Å². The Morgan fingerprint density at radius 1 is 0.908 bits per heavy atom. The summed E-state index contributed by atoms with van der Waals surface area (Å²) in [7, 11) is 1.42. The highest BCUT2D eigenvalue weighted by Gasteiger charge is 2.36. The SMILES string of the molecule is Cc1cc(-c2ccc(C(C)(C)C)cc2)ncc1C(=O)NC(CCN)C(=O)N(C)C1C(=O)NC(C)C(=O)NC(C(=O)NCC#N)Cc2ccc(OCCN)c(c2)-c2cc1ccc2OCCN. The topological polar surface area (TPSA) is 270 Å². The predicted molar refractivity (Wildman–Crippen MR) is 246 cm³/mol. The zero-order valence-electron chi connectivity index (χ0n) is 37.8. The lowest BCUT2D eigenvalue weighted by atomic mass is 9.86. The minimum Gasteiger partial charge on any atom is -0.492 e. The van der Waals surface area contributed by atoms with Crippen LogP contribution in [0.5, 0.6) is 11.5 Å². The van der Waals surface area contributed by atoms with Crippen molar-refractivity contribution in [3.8, 4) is 40.0 Å². The number of nitrogens with zero attached hydrogens (tertiary/aromatic N) is 3. The fourth-order valence-corrected chi connectivity index (χ4v) is 7.46. The van der Waals surface area contributed by atoms with Gasteiger partial charge in [0.25, 0.3) is 5.91 Å². The van der Waals surface area contributed by atoms with Crippen molar-refractivity contribution >= 4 is 29.5 Å². The highest BCUT2D eigenvalue weighted by molar-refractivity contribution is 6.00. The molecule has 1 aliphatic heterocycles. The first-order chi connectivity index (χ1) is 31.0. The Balaban J connectivity index is 1.55. The number of nitriles is 1. The predicted octanol–water partition coefficient (Wildman–Crippen LogP) is 2.53. The number of benzene rings is 3. The van der Waals surface area contributed by atoms with Gasteiger partial charge in [0.2, 0.25) is 23.6 Å². The first-order valence-corrected chi connectivity index (χ1v) is 21.5. The molecule has 1 aromatic heterocycles. The summed E-state index contributed by atoms with van der Waals surface area (Å²) in [5, 5.41) is 19.9. The molecule has 0 aliphatic carbocycles. The number of nitrogens with two attached hydrogens (primary N) is 3. The number of likely N-dealkylation sites (N-methyl/N-ethyl adjacent to an activating group) is 1. The molecule has 0 fully saturated rings. The summed E-state index contributed by atoms with van der Waals surface area (Å²) < 4.78 is 12.2. The van der Waals surface area contributed by atoms with Gasteiger partial charge < -0.3 is 52.8 Å². The van der Waals surface area contributed by atoms with Crippen LogP contribution in [0.15, 0.2) is 72.9 Å². The standard InChI is InChI=1S/C48H60N10O7/c1-28-23-38(31-8-11-33(12-9-31)48(3,4)5)54-27-36(28)44(60)56-37(15-16-49)47(63)58(6)42-32-10-14-41(65-22-19-52)35(26-32)34-24-30(7-13-40(34)64-21-18-51)25-39(45(61)53-20-17-50)57-43(59)29(2)55-46(42)62/h7-14,23-24,26-27,29,37,39,42H,15-16,18-22,25,49,51-52H2,1-6H3,(H,53,61)(H,55,62)(H,56,60)(H,57,59). The Hall–Kier alpha value is -6.87. The Morgan fingerprint density at radius 3 is 2.15 bits per heavy atom. The molecular weight excluding hydrogens is 829 g/mol. The molecule has 17 nitrogen and oxygen atoms in total. The molecule has 4 aromatic rings. The number of pyridine rings is 1. The number of rotatable bonds is 15. The van der Waals surface area contributed by atoms with Gasteiger partial charge >= 0.3 is 0 Å². The smallest absolute Gasteiger partial charge is 0.253 e. The van der Waals surface area contributed by atoms with Crippen molar-refractivity contribution in [2.24, 2.45) is 17.2 Å². The van der Waals surface area contributed by atoms with Crippen molar-refractivity contribution < 1.29 is 33.4 Å². The number of amides is 5. The van der Waals surface area contributed by atoms with Gasteiger partial charge in [-0.3, -0.25) is 29.0 Å². The maximum Gasteiger partial charge on any atom is 0.253 e. The fraction of sp³-hybridized carbons (Fsp3) is 0.396. The number of carbonyl (C=O) groups is 5. The molecule has 2 heterocycles. The number of aromatic nitrogens is 1. The van der Waals surface area contributed by atoms with Crippen LogP contribution in [0.1, 0.15) is 72.8 Å². The molecule has 17 heteroatoms. The lowest BCUT2D eigenvalue weighted by Gasteiger charge is -2.32. The number of aryl methyl sites for hydroxylation is 1. The minimum atomic E-state index is -1.39. The van der Waals surface area contributed by atoms with Gasteiger partial charge in [-0.2, -0.15) is 5.26 Å². The molecule has 0 radical (unpaired) electrons. The van der Waals surface area contributed by atoms with Crippen LogP contribution in [-0.4, -0.2) is 104 Å². The van der Waals surface area contributed by atoms with Gasteiger partial charge in [0, 0.05) is 49.4 Å². The maximum absolute atomic E-state index is 14.7. The number of hydrogen-bond donors (Lipinski definition) is 7. The molecule has 5 rings (SSSR count). The van der Waals surface area contributed by atoms with E-state index in [2.05, 4.69) is 59.2 Å². The van der Waals surface area contributed by atoms with Gasteiger partial charge in [0.1, 0.15) is 55.4 Å². The second-order valence-corrected chi connectivity index (χ2v) is 16.9. The van der Waals surface area contributed by atoms with Crippen molar-refractivity contribution in [3.63, 3.8) is 0 Å². The molecule has 3 aromatic carbocycles. The van der Waals surface area contributed by atoms with Gasteiger partial charge in [-0.05, 0) is 84.8 Å². The molecule has 4 unspecified atom stereocenters. The van der Waals surface area contributed by atoms with Crippen LogP contribution in [0.4, 0.5) is 0 Å². The number of ether oxygens (including phenoxy) is 2. The average molecular weight is 889 g/mol. The van der Waals surface area contributed by atoms with E-state index < -0.39 is 53.7 Å². The van der Waals surface area contributed by atoms with E-state index in [9.17, 15) is 24.0 Å². The second kappa shape index (κ2) is 22.2. The van der Waals surface area contributed by atoms with Crippen LogP contribution < -0.4 is 47.9 Å². The fourth-order valence-electron chi connectivity index (χ4n) is 7.46. The Bertz CT molecular complexity index is 2410. The number of nitrogens with one attached hydrogen (secondary N) is 4. The molecule has 1 aliphatic rings. The van der Waals surface area contributed by atoms with E-state index in [1.54, 1.807) is 43.3 Å². The lowest BCUT2D eigenvalue weighted by molar-refractivity contribution is -0.141. The third kappa shape index (κ3) is 12.2. The van der Waals surface area contributed by atoms with Crippen molar-refractivity contribution in [2.45, 2.75) is 77.0 Å². The van der Waals surface area contributed by atoms with Crippen LogP contribution in [-0.2, 0) is 31.0 Å². The van der Waals surface area contributed by atoms with E-state index in [0.29, 0.717) is 45.0 Å². The van der Waals surface area contributed by atoms with E-state index in [-0.39, 0.29) is 63.2 Å². The molecule has 4 bridgehead atoms. The maximum atomic E-state index is 14.7. The van der Waals surface area contributed by atoms with Crippen molar-refractivity contribution in [3.05, 3.63) is 101 Å². The lowest BCUT2D eigenvalue weighted by Crippen LogP contribution is -2.56. The van der Waals surface area contributed by atoms with E-state index in [0.717, 1.165) is 5.56 Å². The Kier molecular flexibility index (Phi) is 16.8. The molecule has 4 atom stereocenters. The summed E-state index contributed by atoms with van der Waals surface area (Å²) in [6.45, 7) is 10.0. The number of carbonyl (C=O) groups excluding carboxylic acids is 5. The van der Waals surface area contributed by atoms with Gasteiger partial charge in [-0.25, -0.2) is 0 Å². The van der Waals surface area contributed by atoms with Crippen molar-refractivity contribution in [2.75, 3.05) is 46.4 Å². The van der Waals surface area contributed by atoms with E-state index in [1.807, 2.05) is 24.3 Å².